The lowest BCUT2D eigenvalue weighted by Crippen LogP contribution is -2.05. The van der Waals surface area contributed by atoms with Crippen molar-refractivity contribution in [3.63, 3.8) is 0 Å². The zero-order valence-electron chi connectivity index (χ0n) is 11.0. The largest absolute Gasteiger partial charge is 0.381 e. The molecule has 3 aromatic rings. The number of anilines is 1. The topological polar surface area (TPSA) is 69.6 Å². The van der Waals surface area contributed by atoms with Gasteiger partial charge in [-0.05, 0) is 30.7 Å². The van der Waals surface area contributed by atoms with Gasteiger partial charge >= 0.3 is 0 Å². The van der Waals surface area contributed by atoms with Crippen LogP contribution in [-0.4, -0.2) is 20.0 Å². The lowest BCUT2D eigenvalue weighted by atomic mass is 10.1. The van der Waals surface area contributed by atoms with Crippen molar-refractivity contribution in [2.45, 2.75) is 19.8 Å². The summed E-state index contributed by atoms with van der Waals surface area (Å²) in [6.45, 7) is 2.09. The lowest BCUT2D eigenvalue weighted by molar-refractivity contribution is 0.748. The van der Waals surface area contributed by atoms with E-state index in [1.807, 2.05) is 24.3 Å². The molecular weight excluding hydrogens is 274 g/mol. The first-order valence-electron chi connectivity index (χ1n) is 6.46. The van der Waals surface area contributed by atoms with Gasteiger partial charge in [0, 0.05) is 11.6 Å². The van der Waals surface area contributed by atoms with Crippen LogP contribution in [0.5, 0.6) is 0 Å². The van der Waals surface area contributed by atoms with Crippen molar-refractivity contribution in [2.75, 3.05) is 5.73 Å². The molecule has 2 N–H and O–H groups in total. The number of fused-ring (bicyclic) bond motifs is 1. The van der Waals surface area contributed by atoms with E-state index in [9.17, 15) is 0 Å². The molecule has 0 amide bonds. The maximum Gasteiger partial charge on any atom is 0.169 e. The molecule has 20 heavy (non-hydrogen) atoms. The van der Waals surface area contributed by atoms with Crippen LogP contribution in [0.15, 0.2) is 30.5 Å². The van der Waals surface area contributed by atoms with E-state index >= 15 is 0 Å². The first-order chi connectivity index (χ1) is 9.72. The number of aromatic nitrogens is 4. The Morgan fingerprint density at radius 3 is 2.95 bits per heavy atom. The van der Waals surface area contributed by atoms with Gasteiger partial charge in [0.15, 0.2) is 5.82 Å². The molecule has 0 atom stereocenters. The maximum absolute atomic E-state index is 6.21. The average Bonchev–Trinajstić information content (AvgIpc) is 2.82. The summed E-state index contributed by atoms with van der Waals surface area (Å²) in [7, 11) is 0. The Hall–Kier alpha value is -2.14. The smallest absolute Gasteiger partial charge is 0.169 e. The highest BCUT2D eigenvalue weighted by atomic mass is 35.5. The molecule has 0 radical (unpaired) electrons. The number of halogens is 1. The minimum absolute atomic E-state index is 0.464. The van der Waals surface area contributed by atoms with Gasteiger partial charge in [0.25, 0.3) is 0 Å². The van der Waals surface area contributed by atoms with Crippen LogP contribution in [0.25, 0.3) is 16.6 Å². The second-order valence-electron chi connectivity index (χ2n) is 4.55. The van der Waals surface area contributed by atoms with E-state index in [4.69, 9.17) is 17.3 Å². The molecule has 6 heteroatoms. The molecule has 0 aliphatic heterocycles. The summed E-state index contributed by atoms with van der Waals surface area (Å²) in [6.07, 6.45) is 3.52. The fourth-order valence-corrected chi connectivity index (χ4v) is 2.49. The SMILES string of the molecule is CCCc1c(N)nnn1-c1ccc(Cl)c2cccnc12. The van der Waals surface area contributed by atoms with E-state index in [0.29, 0.717) is 10.8 Å². The Morgan fingerprint density at radius 1 is 1.30 bits per heavy atom. The van der Waals surface area contributed by atoms with Crippen molar-refractivity contribution in [2.24, 2.45) is 0 Å². The molecule has 2 heterocycles. The number of hydrogen-bond acceptors (Lipinski definition) is 4. The van der Waals surface area contributed by atoms with Gasteiger partial charge in [-0.1, -0.05) is 30.2 Å². The number of nitrogen functional groups attached to an aromatic ring is 1. The van der Waals surface area contributed by atoms with Crippen LogP contribution in [0.3, 0.4) is 0 Å². The number of benzene rings is 1. The first kappa shape index (κ1) is 12.9. The van der Waals surface area contributed by atoms with Crippen LogP contribution in [0.1, 0.15) is 19.0 Å². The molecule has 102 valence electrons. The third-order valence-corrected chi connectivity index (χ3v) is 3.53. The fraction of sp³-hybridized carbons (Fsp3) is 0.214. The normalized spacial score (nSPS) is 11.1. The third kappa shape index (κ3) is 2.00. The van der Waals surface area contributed by atoms with Gasteiger partial charge in [-0.15, -0.1) is 5.10 Å². The summed E-state index contributed by atoms with van der Waals surface area (Å²) < 4.78 is 1.75. The Kier molecular flexibility index (Phi) is 3.28. The van der Waals surface area contributed by atoms with Crippen molar-refractivity contribution >= 4 is 28.3 Å². The zero-order valence-corrected chi connectivity index (χ0v) is 11.8. The zero-order chi connectivity index (χ0) is 14.1. The Bertz CT molecular complexity index is 765. The highest BCUT2D eigenvalue weighted by Gasteiger charge is 2.14. The Balaban J connectivity index is 2.28. The molecule has 0 saturated carbocycles. The minimum atomic E-state index is 0.464. The molecule has 0 fully saturated rings. The molecule has 0 spiro atoms. The highest BCUT2D eigenvalue weighted by molar-refractivity contribution is 6.35. The van der Waals surface area contributed by atoms with E-state index in [-0.39, 0.29) is 0 Å². The minimum Gasteiger partial charge on any atom is -0.381 e. The lowest BCUT2D eigenvalue weighted by Gasteiger charge is -2.09. The van der Waals surface area contributed by atoms with E-state index in [0.717, 1.165) is 35.1 Å². The quantitative estimate of drug-likeness (QED) is 0.804. The van der Waals surface area contributed by atoms with Gasteiger partial charge < -0.3 is 5.73 Å². The van der Waals surface area contributed by atoms with Crippen LogP contribution < -0.4 is 5.73 Å². The molecular formula is C14H14ClN5. The summed E-state index contributed by atoms with van der Waals surface area (Å²) in [6, 6.07) is 7.54. The van der Waals surface area contributed by atoms with Gasteiger partial charge in [0.2, 0.25) is 0 Å². The second-order valence-corrected chi connectivity index (χ2v) is 4.96. The van der Waals surface area contributed by atoms with Crippen LogP contribution in [0.2, 0.25) is 5.02 Å². The van der Waals surface area contributed by atoms with Gasteiger partial charge in [-0.25, -0.2) is 4.68 Å². The number of nitrogens with two attached hydrogens (primary N) is 1. The molecule has 0 bridgehead atoms. The van der Waals surface area contributed by atoms with E-state index < -0.39 is 0 Å². The van der Waals surface area contributed by atoms with Crippen LogP contribution >= 0.6 is 11.6 Å². The van der Waals surface area contributed by atoms with Crippen molar-refractivity contribution in [1.82, 2.24) is 20.0 Å². The second kappa shape index (κ2) is 5.09. The van der Waals surface area contributed by atoms with Gasteiger partial charge in [-0.3, -0.25) is 4.98 Å². The van der Waals surface area contributed by atoms with E-state index in [1.165, 1.54) is 0 Å². The van der Waals surface area contributed by atoms with Crippen LogP contribution in [0, 0.1) is 0 Å². The summed E-state index contributed by atoms with van der Waals surface area (Å²) in [5.41, 5.74) is 8.44. The average molecular weight is 288 g/mol. The summed E-state index contributed by atoms with van der Waals surface area (Å²) in [4.78, 5) is 4.41. The van der Waals surface area contributed by atoms with E-state index in [1.54, 1.807) is 10.9 Å². The van der Waals surface area contributed by atoms with Gasteiger partial charge in [-0.2, -0.15) is 0 Å². The van der Waals surface area contributed by atoms with Crippen molar-refractivity contribution in [3.8, 4) is 5.69 Å². The number of nitrogens with zero attached hydrogens (tertiary/aromatic N) is 4. The molecule has 0 aliphatic rings. The maximum atomic E-state index is 6.21. The molecule has 0 unspecified atom stereocenters. The van der Waals surface area contributed by atoms with Crippen LogP contribution in [-0.2, 0) is 6.42 Å². The van der Waals surface area contributed by atoms with Gasteiger partial charge in [0.05, 0.1) is 21.9 Å². The number of rotatable bonds is 3. The molecule has 1 aromatic carbocycles. The molecule has 0 aliphatic carbocycles. The Labute approximate surface area is 121 Å². The molecule has 3 rings (SSSR count). The molecule has 5 nitrogen and oxygen atoms in total. The summed E-state index contributed by atoms with van der Waals surface area (Å²) in [5, 5.41) is 9.67. The Morgan fingerprint density at radius 2 is 2.15 bits per heavy atom. The third-order valence-electron chi connectivity index (χ3n) is 3.20. The molecule has 2 aromatic heterocycles. The van der Waals surface area contributed by atoms with Crippen molar-refractivity contribution in [1.29, 1.82) is 0 Å². The number of hydrogen-bond donors (Lipinski definition) is 1. The highest BCUT2D eigenvalue weighted by Crippen LogP contribution is 2.28. The number of pyridine rings is 1. The summed E-state index contributed by atoms with van der Waals surface area (Å²) in [5.74, 6) is 0.464. The van der Waals surface area contributed by atoms with Crippen molar-refractivity contribution < 1.29 is 0 Å². The summed E-state index contributed by atoms with van der Waals surface area (Å²) >= 11 is 6.21. The van der Waals surface area contributed by atoms with Crippen molar-refractivity contribution in [3.05, 3.63) is 41.2 Å². The molecule has 0 saturated heterocycles. The predicted molar refractivity (Wildman–Crippen MR) is 80.1 cm³/mol. The fourth-order valence-electron chi connectivity index (χ4n) is 2.27. The monoisotopic (exact) mass is 287 g/mol. The standard InChI is InChI=1S/C14H14ClN5/c1-2-4-12-14(16)18-19-20(12)11-7-6-10(15)9-5-3-8-17-13(9)11/h3,5-8H,2,4,16H2,1H3. The first-order valence-corrected chi connectivity index (χ1v) is 6.83. The predicted octanol–water partition coefficient (Wildman–Crippen LogP) is 3.00. The van der Waals surface area contributed by atoms with E-state index in [2.05, 4.69) is 22.2 Å². The van der Waals surface area contributed by atoms with Gasteiger partial charge in [0.1, 0.15) is 0 Å². The van der Waals surface area contributed by atoms with Crippen LogP contribution in [0.4, 0.5) is 5.82 Å².